The first-order chi connectivity index (χ1) is 14.7. The molecule has 162 valence electrons. The van der Waals surface area contributed by atoms with Crippen LogP contribution >= 0.6 is 22.9 Å². The first kappa shape index (κ1) is 21.5. The highest BCUT2D eigenvalue weighted by atomic mass is 35.5. The van der Waals surface area contributed by atoms with Gasteiger partial charge in [-0.25, -0.2) is 4.98 Å². The largest absolute Gasteiger partial charge is 0.338 e. The maximum atomic E-state index is 12.9. The second-order valence-electron chi connectivity index (χ2n) is 8.55. The minimum atomic E-state index is -0.399. The highest BCUT2D eigenvalue weighted by Gasteiger charge is 2.31. The zero-order chi connectivity index (χ0) is 22.2. The standard InChI is InChI=1S/C22H23ClN4O3S/c1-22(2,3)16-11-17(30-27-16)24-20(29)14-5-4-6-15-18(14)25-21(31-15)26-19(28)12-7-9-13(23)10-8-12/h7-11,14H,4-6H2,1-3H3,(H,24,29)(H,25,26,28). The van der Waals surface area contributed by atoms with Crippen LogP contribution in [0.5, 0.6) is 0 Å². The van der Waals surface area contributed by atoms with Crippen molar-refractivity contribution in [1.82, 2.24) is 10.1 Å². The number of nitrogens with zero attached hydrogens (tertiary/aromatic N) is 2. The number of hydrogen-bond donors (Lipinski definition) is 2. The van der Waals surface area contributed by atoms with Crippen LogP contribution in [-0.2, 0) is 16.6 Å². The van der Waals surface area contributed by atoms with Crippen molar-refractivity contribution < 1.29 is 14.1 Å². The van der Waals surface area contributed by atoms with Crippen LogP contribution in [0.3, 0.4) is 0 Å². The number of aryl methyl sites for hydroxylation is 1. The Labute approximate surface area is 189 Å². The summed E-state index contributed by atoms with van der Waals surface area (Å²) in [5.74, 6) is -0.517. The van der Waals surface area contributed by atoms with Crippen molar-refractivity contribution in [1.29, 1.82) is 0 Å². The Morgan fingerprint density at radius 1 is 1.19 bits per heavy atom. The summed E-state index contributed by atoms with van der Waals surface area (Å²) in [6, 6.07) is 8.40. The fraction of sp³-hybridized carbons (Fsp3) is 0.364. The minimum Gasteiger partial charge on any atom is -0.338 e. The Hall–Kier alpha value is -2.71. The smallest absolute Gasteiger partial charge is 0.257 e. The molecule has 2 aromatic heterocycles. The summed E-state index contributed by atoms with van der Waals surface area (Å²) >= 11 is 7.29. The van der Waals surface area contributed by atoms with Gasteiger partial charge in [-0.05, 0) is 43.5 Å². The molecule has 4 rings (SSSR count). The van der Waals surface area contributed by atoms with E-state index in [1.807, 2.05) is 20.8 Å². The van der Waals surface area contributed by atoms with Crippen LogP contribution in [0.1, 0.15) is 66.2 Å². The molecule has 0 fully saturated rings. The third-order valence-electron chi connectivity index (χ3n) is 5.12. The molecule has 1 aliphatic carbocycles. The van der Waals surface area contributed by atoms with Gasteiger partial charge in [0.25, 0.3) is 5.91 Å². The molecule has 2 amide bonds. The molecule has 0 spiro atoms. The van der Waals surface area contributed by atoms with E-state index >= 15 is 0 Å². The van der Waals surface area contributed by atoms with Crippen molar-refractivity contribution in [3.05, 3.63) is 57.2 Å². The molecular formula is C22H23ClN4O3S. The van der Waals surface area contributed by atoms with E-state index in [1.165, 1.54) is 11.3 Å². The van der Waals surface area contributed by atoms with Gasteiger partial charge in [-0.15, -0.1) is 11.3 Å². The van der Waals surface area contributed by atoms with E-state index in [0.29, 0.717) is 28.0 Å². The van der Waals surface area contributed by atoms with E-state index in [4.69, 9.17) is 16.1 Å². The highest BCUT2D eigenvalue weighted by Crippen LogP contribution is 2.37. The third-order valence-corrected chi connectivity index (χ3v) is 6.42. The number of anilines is 2. The molecule has 1 aromatic carbocycles. The SMILES string of the molecule is CC(C)(C)c1cc(NC(=O)C2CCCc3sc(NC(=O)c4ccc(Cl)cc4)nc32)on1. The molecule has 0 aliphatic heterocycles. The summed E-state index contributed by atoms with van der Waals surface area (Å²) in [6.07, 6.45) is 2.40. The molecule has 31 heavy (non-hydrogen) atoms. The molecule has 0 radical (unpaired) electrons. The maximum absolute atomic E-state index is 12.9. The van der Waals surface area contributed by atoms with Gasteiger partial charge in [0.05, 0.1) is 17.3 Å². The van der Waals surface area contributed by atoms with Crippen molar-refractivity contribution in [2.24, 2.45) is 0 Å². The lowest BCUT2D eigenvalue weighted by Crippen LogP contribution is -2.24. The molecule has 9 heteroatoms. The average molecular weight is 459 g/mol. The molecule has 7 nitrogen and oxygen atoms in total. The third kappa shape index (κ3) is 4.80. The maximum Gasteiger partial charge on any atom is 0.257 e. The Morgan fingerprint density at radius 2 is 1.94 bits per heavy atom. The molecule has 1 atom stereocenters. The highest BCUT2D eigenvalue weighted by molar-refractivity contribution is 7.16. The Bertz CT molecular complexity index is 1110. The minimum absolute atomic E-state index is 0.170. The molecule has 2 N–H and O–H groups in total. The Balaban J connectivity index is 1.48. The van der Waals surface area contributed by atoms with Crippen LogP contribution in [0, 0.1) is 0 Å². The van der Waals surface area contributed by atoms with Crippen LogP contribution in [0.2, 0.25) is 5.02 Å². The van der Waals surface area contributed by atoms with E-state index in [9.17, 15) is 9.59 Å². The van der Waals surface area contributed by atoms with Crippen molar-refractivity contribution in [3.63, 3.8) is 0 Å². The molecule has 0 saturated heterocycles. The lowest BCUT2D eigenvalue weighted by atomic mass is 9.90. The van der Waals surface area contributed by atoms with E-state index < -0.39 is 5.92 Å². The van der Waals surface area contributed by atoms with E-state index in [-0.39, 0.29) is 17.2 Å². The first-order valence-corrected chi connectivity index (χ1v) is 11.2. The Morgan fingerprint density at radius 3 is 2.61 bits per heavy atom. The number of carbonyl (C=O) groups excluding carboxylic acids is 2. The number of aromatic nitrogens is 2. The number of thiazole rings is 1. The fourth-order valence-electron chi connectivity index (χ4n) is 3.39. The predicted molar refractivity (Wildman–Crippen MR) is 121 cm³/mol. The summed E-state index contributed by atoms with van der Waals surface area (Å²) in [5.41, 5.74) is 1.81. The normalized spacial score (nSPS) is 15.9. The number of benzene rings is 1. The van der Waals surface area contributed by atoms with E-state index in [0.717, 1.165) is 29.1 Å². The van der Waals surface area contributed by atoms with Crippen LogP contribution in [0.4, 0.5) is 11.0 Å². The quantitative estimate of drug-likeness (QED) is 0.546. The van der Waals surface area contributed by atoms with Crippen LogP contribution in [-0.4, -0.2) is 22.0 Å². The lowest BCUT2D eigenvalue weighted by Gasteiger charge is -2.19. The van der Waals surface area contributed by atoms with Crippen molar-refractivity contribution in [3.8, 4) is 0 Å². The zero-order valence-corrected chi connectivity index (χ0v) is 19.1. The monoisotopic (exact) mass is 458 g/mol. The number of carbonyl (C=O) groups is 2. The molecular weight excluding hydrogens is 436 g/mol. The molecule has 0 saturated carbocycles. The van der Waals surface area contributed by atoms with Crippen LogP contribution < -0.4 is 10.6 Å². The summed E-state index contributed by atoms with van der Waals surface area (Å²) in [5, 5.41) is 10.7. The molecule has 3 aromatic rings. The first-order valence-electron chi connectivity index (χ1n) is 10.1. The topological polar surface area (TPSA) is 97.1 Å². The number of amides is 2. The Kier molecular flexibility index (Phi) is 5.85. The van der Waals surface area contributed by atoms with Crippen LogP contribution in [0.15, 0.2) is 34.9 Å². The number of hydrogen-bond acceptors (Lipinski definition) is 6. The second kappa shape index (κ2) is 8.43. The van der Waals surface area contributed by atoms with Gasteiger partial charge >= 0.3 is 0 Å². The fourth-order valence-corrected chi connectivity index (χ4v) is 4.58. The van der Waals surface area contributed by atoms with E-state index in [1.54, 1.807) is 30.3 Å². The number of rotatable bonds is 4. The summed E-state index contributed by atoms with van der Waals surface area (Å²) in [7, 11) is 0. The zero-order valence-electron chi connectivity index (χ0n) is 17.5. The van der Waals surface area contributed by atoms with Gasteiger partial charge in [0.2, 0.25) is 11.8 Å². The van der Waals surface area contributed by atoms with Gasteiger partial charge in [-0.3, -0.25) is 20.2 Å². The van der Waals surface area contributed by atoms with Crippen molar-refractivity contribution >= 4 is 45.8 Å². The summed E-state index contributed by atoms with van der Waals surface area (Å²) < 4.78 is 5.29. The van der Waals surface area contributed by atoms with Gasteiger partial charge in [-0.2, -0.15) is 0 Å². The summed E-state index contributed by atoms with van der Waals surface area (Å²) in [6.45, 7) is 6.08. The average Bonchev–Trinajstić information content (AvgIpc) is 3.34. The van der Waals surface area contributed by atoms with Gasteiger partial charge in [0, 0.05) is 26.9 Å². The number of nitrogens with one attached hydrogen (secondary N) is 2. The van der Waals surface area contributed by atoms with E-state index in [2.05, 4.69) is 20.8 Å². The van der Waals surface area contributed by atoms with Gasteiger partial charge in [0.1, 0.15) is 0 Å². The van der Waals surface area contributed by atoms with Gasteiger partial charge < -0.3 is 4.52 Å². The van der Waals surface area contributed by atoms with Gasteiger partial charge in [0.15, 0.2) is 5.13 Å². The van der Waals surface area contributed by atoms with Gasteiger partial charge in [-0.1, -0.05) is 37.5 Å². The molecule has 0 bridgehead atoms. The molecule has 1 unspecified atom stereocenters. The van der Waals surface area contributed by atoms with Crippen LogP contribution in [0.25, 0.3) is 0 Å². The number of fused-ring (bicyclic) bond motifs is 1. The predicted octanol–water partition coefficient (Wildman–Crippen LogP) is 5.39. The lowest BCUT2D eigenvalue weighted by molar-refractivity contribution is -0.118. The molecule has 2 heterocycles. The van der Waals surface area contributed by atoms with Crippen molar-refractivity contribution in [2.45, 2.75) is 51.4 Å². The number of halogens is 1. The molecule has 1 aliphatic rings. The second-order valence-corrected chi connectivity index (χ2v) is 10.1. The summed E-state index contributed by atoms with van der Waals surface area (Å²) in [4.78, 5) is 31.0. The van der Waals surface area contributed by atoms with Crippen molar-refractivity contribution in [2.75, 3.05) is 10.6 Å².